The van der Waals surface area contributed by atoms with E-state index < -0.39 is 5.54 Å². The zero-order valence-corrected chi connectivity index (χ0v) is 12.4. The van der Waals surface area contributed by atoms with E-state index in [1.165, 1.54) is 34.1 Å². The van der Waals surface area contributed by atoms with E-state index in [0.717, 1.165) is 6.42 Å². The summed E-state index contributed by atoms with van der Waals surface area (Å²) in [6, 6.07) is -0.259. The molecule has 0 N–H and O–H groups in total. The fraction of sp³-hybridized carbons (Fsp3) is 0.500. The molecule has 0 aromatic heterocycles. The molecule has 6 heteroatoms. The molecule has 2 aliphatic heterocycles. The number of nitrogens with zero attached hydrogens (tertiary/aromatic N) is 2. The van der Waals surface area contributed by atoms with Gasteiger partial charge >= 0.3 is 0 Å². The van der Waals surface area contributed by atoms with E-state index in [-0.39, 0.29) is 29.7 Å². The molecule has 4 amide bonds. The van der Waals surface area contributed by atoms with Crippen LogP contribution in [0.2, 0.25) is 0 Å². The quantitative estimate of drug-likeness (QED) is 0.727. The van der Waals surface area contributed by atoms with Crippen LogP contribution in [0.3, 0.4) is 0 Å². The highest BCUT2D eigenvalue weighted by molar-refractivity contribution is 6.14. The monoisotopic (exact) mass is 302 g/mol. The molecule has 3 aliphatic rings. The van der Waals surface area contributed by atoms with Crippen LogP contribution in [0.5, 0.6) is 0 Å². The van der Waals surface area contributed by atoms with Crippen molar-refractivity contribution < 1.29 is 19.2 Å². The SMILES string of the molecule is CCC1(N2C(=O)C=CC2=O)CCCC(N2C(=O)C=CC2=O)C1. The summed E-state index contributed by atoms with van der Waals surface area (Å²) in [6.45, 7) is 1.94. The summed E-state index contributed by atoms with van der Waals surface area (Å²) < 4.78 is 0. The number of rotatable bonds is 3. The van der Waals surface area contributed by atoms with Crippen molar-refractivity contribution in [3.63, 3.8) is 0 Å². The normalized spacial score (nSPS) is 31.8. The predicted molar refractivity (Wildman–Crippen MR) is 77.3 cm³/mol. The summed E-state index contributed by atoms with van der Waals surface area (Å²) in [5.74, 6) is -1.22. The molecule has 0 saturated heterocycles. The molecule has 0 spiro atoms. The molecule has 0 aromatic rings. The lowest BCUT2D eigenvalue weighted by Crippen LogP contribution is -2.58. The van der Waals surface area contributed by atoms with E-state index in [2.05, 4.69) is 0 Å². The first-order valence-corrected chi connectivity index (χ1v) is 7.60. The number of imide groups is 2. The number of amides is 4. The van der Waals surface area contributed by atoms with Crippen LogP contribution in [0, 0.1) is 0 Å². The molecule has 0 bridgehead atoms. The third-order valence-electron chi connectivity index (χ3n) is 4.95. The molecule has 1 aliphatic carbocycles. The molecule has 22 heavy (non-hydrogen) atoms. The van der Waals surface area contributed by atoms with Crippen LogP contribution in [0.1, 0.15) is 39.0 Å². The molecule has 0 aromatic carbocycles. The van der Waals surface area contributed by atoms with Gasteiger partial charge in [0.05, 0.1) is 5.54 Å². The Morgan fingerprint density at radius 2 is 1.55 bits per heavy atom. The summed E-state index contributed by atoms with van der Waals surface area (Å²) in [7, 11) is 0. The minimum Gasteiger partial charge on any atom is -0.272 e. The van der Waals surface area contributed by atoms with E-state index in [9.17, 15) is 19.2 Å². The lowest BCUT2D eigenvalue weighted by atomic mass is 9.75. The Balaban J connectivity index is 1.87. The summed E-state index contributed by atoms with van der Waals surface area (Å²) in [5, 5.41) is 0. The summed E-state index contributed by atoms with van der Waals surface area (Å²) >= 11 is 0. The van der Waals surface area contributed by atoms with Gasteiger partial charge in [0.15, 0.2) is 0 Å². The van der Waals surface area contributed by atoms with Gasteiger partial charge in [-0.3, -0.25) is 29.0 Å². The molecule has 6 nitrogen and oxygen atoms in total. The number of hydrogen-bond donors (Lipinski definition) is 0. The fourth-order valence-corrected chi connectivity index (χ4v) is 3.85. The van der Waals surface area contributed by atoms with Gasteiger partial charge in [-0.1, -0.05) is 6.92 Å². The first kappa shape index (κ1) is 14.7. The Kier molecular flexibility index (Phi) is 3.47. The average Bonchev–Trinajstić information content (AvgIpc) is 3.01. The van der Waals surface area contributed by atoms with Gasteiger partial charge in [0.2, 0.25) is 0 Å². The molecule has 1 saturated carbocycles. The highest BCUT2D eigenvalue weighted by Gasteiger charge is 2.48. The molecule has 2 heterocycles. The van der Waals surface area contributed by atoms with Crippen LogP contribution in [-0.2, 0) is 19.2 Å². The zero-order valence-electron chi connectivity index (χ0n) is 12.4. The van der Waals surface area contributed by atoms with Crippen LogP contribution >= 0.6 is 0 Å². The maximum absolute atomic E-state index is 12.1. The average molecular weight is 302 g/mol. The summed E-state index contributed by atoms with van der Waals surface area (Å²) in [5.41, 5.74) is -0.607. The molecule has 0 radical (unpaired) electrons. The smallest absolute Gasteiger partial charge is 0.254 e. The highest BCUT2D eigenvalue weighted by atomic mass is 16.2. The van der Waals surface area contributed by atoms with Gasteiger partial charge in [-0.15, -0.1) is 0 Å². The first-order chi connectivity index (χ1) is 10.5. The molecular formula is C16H18N2O4. The minimum atomic E-state index is -0.607. The molecular weight excluding hydrogens is 284 g/mol. The Hall–Kier alpha value is -2.24. The van der Waals surface area contributed by atoms with Crippen LogP contribution in [-0.4, -0.2) is 45.0 Å². The van der Waals surface area contributed by atoms with Gasteiger partial charge < -0.3 is 0 Å². The van der Waals surface area contributed by atoms with Gasteiger partial charge in [-0.25, -0.2) is 0 Å². The Morgan fingerprint density at radius 3 is 2.09 bits per heavy atom. The van der Waals surface area contributed by atoms with E-state index in [4.69, 9.17) is 0 Å². The Bertz CT molecular complexity index is 586. The maximum Gasteiger partial charge on any atom is 0.254 e. The van der Waals surface area contributed by atoms with E-state index in [1.807, 2.05) is 6.92 Å². The van der Waals surface area contributed by atoms with Crippen molar-refractivity contribution in [3.05, 3.63) is 24.3 Å². The van der Waals surface area contributed by atoms with Crippen molar-refractivity contribution in [3.8, 4) is 0 Å². The van der Waals surface area contributed by atoms with E-state index >= 15 is 0 Å². The first-order valence-electron chi connectivity index (χ1n) is 7.60. The van der Waals surface area contributed by atoms with Crippen molar-refractivity contribution >= 4 is 23.6 Å². The molecule has 116 valence electrons. The molecule has 1 fully saturated rings. The Morgan fingerprint density at radius 1 is 1.00 bits per heavy atom. The predicted octanol–water partition coefficient (Wildman–Crippen LogP) is 0.928. The molecule has 3 rings (SSSR count). The lowest BCUT2D eigenvalue weighted by molar-refractivity contribution is -0.148. The third kappa shape index (κ3) is 2.10. The van der Waals surface area contributed by atoms with Gasteiger partial charge in [0.1, 0.15) is 0 Å². The molecule has 2 atom stereocenters. The van der Waals surface area contributed by atoms with E-state index in [1.54, 1.807) is 0 Å². The van der Waals surface area contributed by atoms with Crippen LogP contribution < -0.4 is 0 Å². The van der Waals surface area contributed by atoms with Crippen LogP contribution in [0.25, 0.3) is 0 Å². The maximum atomic E-state index is 12.1. The van der Waals surface area contributed by atoms with Gasteiger partial charge in [-0.2, -0.15) is 0 Å². The Labute approximate surface area is 128 Å². The second-order valence-electron chi connectivity index (χ2n) is 6.05. The van der Waals surface area contributed by atoms with Crippen LogP contribution in [0.4, 0.5) is 0 Å². The van der Waals surface area contributed by atoms with Crippen molar-refractivity contribution in [2.75, 3.05) is 0 Å². The minimum absolute atomic E-state index is 0.259. The highest BCUT2D eigenvalue weighted by Crippen LogP contribution is 2.40. The summed E-state index contributed by atoms with van der Waals surface area (Å²) in [6.07, 6.45) is 8.40. The number of carbonyl (C=O) groups excluding carboxylic acids is 4. The topological polar surface area (TPSA) is 74.8 Å². The summed E-state index contributed by atoms with van der Waals surface area (Å²) in [4.78, 5) is 50.5. The lowest BCUT2D eigenvalue weighted by Gasteiger charge is -2.47. The van der Waals surface area contributed by atoms with Crippen molar-refractivity contribution in [1.82, 2.24) is 9.80 Å². The van der Waals surface area contributed by atoms with Crippen molar-refractivity contribution in [1.29, 1.82) is 0 Å². The largest absolute Gasteiger partial charge is 0.272 e. The van der Waals surface area contributed by atoms with Gasteiger partial charge in [-0.05, 0) is 32.1 Å². The van der Waals surface area contributed by atoms with E-state index in [0.29, 0.717) is 25.7 Å². The number of hydrogen-bond acceptors (Lipinski definition) is 4. The third-order valence-corrected chi connectivity index (χ3v) is 4.95. The van der Waals surface area contributed by atoms with Crippen molar-refractivity contribution in [2.45, 2.75) is 50.6 Å². The second-order valence-corrected chi connectivity index (χ2v) is 6.05. The fourth-order valence-electron chi connectivity index (χ4n) is 3.85. The van der Waals surface area contributed by atoms with Gasteiger partial charge in [0, 0.05) is 30.3 Å². The van der Waals surface area contributed by atoms with Gasteiger partial charge in [0.25, 0.3) is 23.6 Å². The van der Waals surface area contributed by atoms with Crippen LogP contribution in [0.15, 0.2) is 24.3 Å². The number of carbonyl (C=O) groups is 4. The van der Waals surface area contributed by atoms with Crippen molar-refractivity contribution in [2.24, 2.45) is 0 Å². The zero-order chi connectivity index (χ0) is 15.9. The standard InChI is InChI=1S/C16H18N2O4/c1-2-16(18-14(21)7-8-15(18)22)9-3-4-11(10-16)17-12(19)5-6-13(17)20/h5-8,11H,2-4,9-10H2,1H3. The molecule has 2 unspecified atom stereocenters. The second kappa shape index (κ2) is 5.19.